The number of H-pyrrole nitrogens is 1. The van der Waals surface area contributed by atoms with Gasteiger partial charge in [0.25, 0.3) is 0 Å². The second-order valence-corrected chi connectivity index (χ2v) is 11.7. The van der Waals surface area contributed by atoms with E-state index in [0.717, 1.165) is 23.1 Å². The van der Waals surface area contributed by atoms with E-state index in [1.807, 2.05) is 19.1 Å². The van der Waals surface area contributed by atoms with E-state index < -0.39 is 6.09 Å². The van der Waals surface area contributed by atoms with Crippen LogP contribution < -0.4 is 4.74 Å². The van der Waals surface area contributed by atoms with E-state index in [9.17, 15) is 9.90 Å². The number of phenolic OH excluding ortho intramolecular Hbond substituents is 1. The molecule has 6 heteroatoms. The number of carbonyl (C=O) groups is 1. The monoisotopic (exact) mass is 443 g/mol. The molecule has 0 spiro atoms. The maximum absolute atomic E-state index is 12.6. The number of phenols is 1. The highest BCUT2D eigenvalue weighted by Crippen LogP contribution is 2.44. The molecule has 0 bridgehead atoms. The highest BCUT2D eigenvalue weighted by Gasteiger charge is 2.29. The summed E-state index contributed by atoms with van der Waals surface area (Å²) < 4.78 is 5.53. The lowest BCUT2D eigenvalue weighted by Gasteiger charge is -2.29. The van der Waals surface area contributed by atoms with Crippen LogP contribution in [-0.4, -0.2) is 39.2 Å². The molecule has 0 atom stereocenters. The number of imidazole rings is 1. The number of carbonyl (C=O) groups excluding carboxylic acids is 1. The third-order valence-corrected chi connectivity index (χ3v) is 5.52. The van der Waals surface area contributed by atoms with Gasteiger partial charge < -0.3 is 19.7 Å². The van der Waals surface area contributed by atoms with Crippen LogP contribution in [0.3, 0.4) is 0 Å². The van der Waals surface area contributed by atoms with E-state index in [1.54, 1.807) is 11.1 Å². The number of nitrogens with zero attached hydrogens (tertiary/aromatic N) is 2. The molecule has 0 radical (unpaired) electrons. The van der Waals surface area contributed by atoms with Crippen LogP contribution >= 0.6 is 0 Å². The Balaban J connectivity index is 2.34. The lowest BCUT2D eigenvalue weighted by Crippen LogP contribution is -2.35. The van der Waals surface area contributed by atoms with Crippen molar-refractivity contribution in [2.24, 2.45) is 5.41 Å². The molecular weight excluding hydrogens is 402 g/mol. The maximum Gasteiger partial charge on any atom is 0.417 e. The molecule has 6 nitrogen and oxygen atoms in total. The smallest absolute Gasteiger partial charge is 0.417 e. The molecular formula is C26H41N3O3. The average Bonchev–Trinajstić information content (AvgIpc) is 3.07. The molecule has 0 aliphatic rings. The molecule has 0 saturated heterocycles. The Hall–Kier alpha value is -2.50. The zero-order chi connectivity index (χ0) is 24.5. The van der Waals surface area contributed by atoms with Crippen LogP contribution in [0.4, 0.5) is 4.79 Å². The van der Waals surface area contributed by atoms with Gasteiger partial charge in [-0.1, -0.05) is 74.4 Å². The Morgan fingerprint density at radius 1 is 1.06 bits per heavy atom. The molecule has 0 unspecified atom stereocenters. The molecule has 0 aliphatic heterocycles. The fourth-order valence-electron chi connectivity index (χ4n) is 3.66. The molecule has 178 valence electrons. The number of rotatable bonds is 5. The number of aromatic hydroxyl groups is 1. The number of hydrogen-bond acceptors (Lipinski definition) is 4. The van der Waals surface area contributed by atoms with Gasteiger partial charge in [0.05, 0.1) is 5.69 Å². The fraction of sp³-hybridized carbons (Fsp3) is 0.615. The zero-order valence-electron chi connectivity index (χ0n) is 21.5. The molecule has 1 aromatic heterocycles. The molecule has 2 aromatic rings. The minimum Gasteiger partial charge on any atom is -0.507 e. The van der Waals surface area contributed by atoms with Crippen molar-refractivity contribution in [3.63, 3.8) is 0 Å². The lowest BCUT2D eigenvalue weighted by molar-refractivity contribution is 0.145. The summed E-state index contributed by atoms with van der Waals surface area (Å²) in [4.78, 5) is 21.8. The van der Waals surface area contributed by atoms with Gasteiger partial charge in [0.15, 0.2) is 0 Å². The molecule has 32 heavy (non-hydrogen) atoms. The first-order valence-electron chi connectivity index (χ1n) is 11.4. The van der Waals surface area contributed by atoms with Crippen LogP contribution in [0.25, 0.3) is 11.3 Å². The number of hydrogen-bond donors (Lipinski definition) is 2. The van der Waals surface area contributed by atoms with Crippen LogP contribution in [0.5, 0.6) is 11.8 Å². The number of ether oxygens (including phenoxy) is 1. The number of aromatic amines is 1. The summed E-state index contributed by atoms with van der Waals surface area (Å²) >= 11 is 0. The molecule has 1 aromatic carbocycles. The summed E-state index contributed by atoms with van der Waals surface area (Å²) in [7, 11) is 0. The van der Waals surface area contributed by atoms with Gasteiger partial charge in [-0.05, 0) is 35.2 Å². The molecule has 0 aliphatic carbocycles. The molecule has 0 saturated carbocycles. The normalized spacial score (nSPS) is 12.7. The fourth-order valence-corrected chi connectivity index (χ4v) is 3.66. The van der Waals surface area contributed by atoms with Crippen LogP contribution in [-0.2, 0) is 10.8 Å². The quantitative estimate of drug-likeness (QED) is 0.543. The maximum atomic E-state index is 12.6. The molecule has 2 rings (SSSR count). The summed E-state index contributed by atoms with van der Waals surface area (Å²) in [5.74, 6) is 0.295. The summed E-state index contributed by atoms with van der Waals surface area (Å²) in [6, 6.07) is 4.09. The van der Waals surface area contributed by atoms with Crippen LogP contribution in [0.2, 0.25) is 0 Å². The lowest BCUT2D eigenvalue weighted by atomic mass is 9.77. The van der Waals surface area contributed by atoms with E-state index in [2.05, 4.69) is 72.3 Å². The van der Waals surface area contributed by atoms with Crippen molar-refractivity contribution in [3.05, 3.63) is 29.5 Å². The van der Waals surface area contributed by atoms with Crippen molar-refractivity contribution in [2.45, 2.75) is 86.5 Å². The predicted molar refractivity (Wildman–Crippen MR) is 130 cm³/mol. The minimum absolute atomic E-state index is 0.135. The average molecular weight is 444 g/mol. The summed E-state index contributed by atoms with van der Waals surface area (Å²) in [6.07, 6.45) is 2.18. The van der Waals surface area contributed by atoms with E-state index in [1.165, 1.54) is 0 Å². The van der Waals surface area contributed by atoms with E-state index in [0.29, 0.717) is 24.5 Å². The van der Waals surface area contributed by atoms with Crippen molar-refractivity contribution >= 4 is 6.09 Å². The minimum atomic E-state index is -0.417. The third-order valence-electron chi connectivity index (χ3n) is 5.52. The second-order valence-electron chi connectivity index (χ2n) is 11.7. The van der Waals surface area contributed by atoms with Crippen LogP contribution in [0.15, 0.2) is 18.3 Å². The van der Waals surface area contributed by atoms with Crippen molar-refractivity contribution in [3.8, 4) is 23.0 Å². The first-order valence-corrected chi connectivity index (χ1v) is 11.4. The summed E-state index contributed by atoms with van der Waals surface area (Å²) in [5, 5.41) is 11.2. The van der Waals surface area contributed by atoms with E-state index in [4.69, 9.17) is 4.74 Å². The van der Waals surface area contributed by atoms with Gasteiger partial charge in [-0.2, -0.15) is 4.98 Å². The number of nitrogens with one attached hydrogen (secondary N) is 1. The van der Waals surface area contributed by atoms with Gasteiger partial charge in [0.1, 0.15) is 5.75 Å². The molecule has 1 heterocycles. The summed E-state index contributed by atoms with van der Waals surface area (Å²) in [5.41, 5.74) is 2.82. The standard InChI is InChI=1S/C26H41N3O3/c1-11-29(15-14-24(2,3)4)23(31)32-22-27-16-19(28-22)17-12-13-18(25(5,6)7)21(30)20(17)26(8,9)10/h12-13,16,30H,11,14-15H2,1-10H3,(H,27,28). The Morgan fingerprint density at radius 2 is 1.69 bits per heavy atom. The SMILES string of the molecule is CCN(CCC(C)(C)C)C(=O)Oc1nc(-c2ccc(C(C)(C)C)c(O)c2C(C)(C)C)c[nH]1. The van der Waals surface area contributed by atoms with Crippen molar-refractivity contribution in [1.29, 1.82) is 0 Å². The first kappa shape index (κ1) is 25.8. The molecule has 1 amide bonds. The Bertz CT molecular complexity index is 941. The van der Waals surface area contributed by atoms with Gasteiger partial charge in [-0.25, -0.2) is 4.79 Å². The second kappa shape index (κ2) is 9.16. The van der Waals surface area contributed by atoms with Crippen molar-refractivity contribution in [1.82, 2.24) is 14.9 Å². The van der Waals surface area contributed by atoms with Crippen molar-refractivity contribution in [2.75, 3.05) is 13.1 Å². The van der Waals surface area contributed by atoms with Gasteiger partial charge in [-0.3, -0.25) is 0 Å². The zero-order valence-corrected chi connectivity index (χ0v) is 21.5. The molecule has 0 fully saturated rings. The van der Waals surface area contributed by atoms with Crippen LogP contribution in [0, 0.1) is 5.41 Å². The first-order chi connectivity index (χ1) is 14.5. The highest BCUT2D eigenvalue weighted by atomic mass is 16.6. The highest BCUT2D eigenvalue weighted by molar-refractivity contribution is 5.72. The number of amides is 1. The number of benzene rings is 1. The van der Waals surface area contributed by atoms with Crippen molar-refractivity contribution < 1.29 is 14.6 Å². The Kier molecular flexibility index (Phi) is 7.38. The van der Waals surface area contributed by atoms with E-state index in [-0.39, 0.29) is 22.3 Å². The van der Waals surface area contributed by atoms with Gasteiger partial charge in [0.2, 0.25) is 0 Å². The number of aromatic nitrogens is 2. The predicted octanol–water partition coefficient (Wildman–Crippen LogP) is 6.63. The van der Waals surface area contributed by atoms with Crippen LogP contribution in [0.1, 0.15) is 86.8 Å². The van der Waals surface area contributed by atoms with Gasteiger partial charge in [-0.15, -0.1) is 0 Å². The Labute approximate surface area is 193 Å². The topological polar surface area (TPSA) is 78.5 Å². The Morgan fingerprint density at radius 3 is 2.19 bits per heavy atom. The summed E-state index contributed by atoms with van der Waals surface area (Å²) in [6.45, 7) is 22.0. The van der Waals surface area contributed by atoms with E-state index >= 15 is 0 Å². The molecule has 2 N–H and O–H groups in total. The third kappa shape index (κ3) is 6.27. The van der Waals surface area contributed by atoms with Gasteiger partial charge >= 0.3 is 12.1 Å². The van der Waals surface area contributed by atoms with Gasteiger partial charge in [0, 0.05) is 30.4 Å². The largest absolute Gasteiger partial charge is 0.507 e.